The Morgan fingerprint density at radius 2 is 1.84 bits per heavy atom. The molecular formula is C28H47NO2. The summed E-state index contributed by atoms with van der Waals surface area (Å²) in [5, 5.41) is 0. The lowest BCUT2D eigenvalue weighted by Crippen LogP contribution is -2.19. The fraction of sp³-hybridized carbons (Fsp3) is 0.679. The van der Waals surface area contributed by atoms with E-state index in [4.69, 9.17) is 4.98 Å². The number of hydrogen-bond donors (Lipinski definition) is 0. The molecule has 3 heteroatoms. The molecule has 0 amide bonds. The smallest absolute Gasteiger partial charge is 0.136 e. The summed E-state index contributed by atoms with van der Waals surface area (Å²) in [6.45, 7) is 0. The van der Waals surface area contributed by atoms with Gasteiger partial charge in [0.1, 0.15) is 11.6 Å². The highest BCUT2D eigenvalue weighted by atomic mass is 16.1. The van der Waals surface area contributed by atoms with Gasteiger partial charge in [0, 0.05) is 41.6 Å². The lowest BCUT2D eigenvalue weighted by molar-refractivity contribution is -0.127. The minimum Gasteiger partial charge on any atom is -0.300 e. The van der Waals surface area contributed by atoms with Crippen LogP contribution >= 0.6 is 0 Å². The Hall–Kier alpha value is -1.77. The molecule has 2 atom stereocenters. The third-order valence-electron chi connectivity index (χ3n) is 7.69. The van der Waals surface area contributed by atoms with Gasteiger partial charge in [-0.25, -0.2) is 0 Å². The third kappa shape index (κ3) is 6.37. The van der Waals surface area contributed by atoms with Gasteiger partial charge in [0.15, 0.2) is 0 Å². The van der Waals surface area contributed by atoms with Crippen LogP contribution in [0.15, 0.2) is 18.3 Å². The number of rotatable bonds is 8. The van der Waals surface area contributed by atoms with E-state index in [2.05, 4.69) is 18.2 Å². The van der Waals surface area contributed by atoms with Gasteiger partial charge in [-0.15, -0.1) is 0 Å². The minimum absolute atomic E-state index is 0. The van der Waals surface area contributed by atoms with Gasteiger partial charge in [-0.2, -0.15) is 0 Å². The number of carbonyl (C=O) groups excluding carboxylic acids is 2. The molecule has 0 bridgehead atoms. The van der Waals surface area contributed by atoms with E-state index in [1.54, 1.807) is 0 Å². The van der Waals surface area contributed by atoms with Crippen molar-refractivity contribution in [1.29, 1.82) is 0 Å². The zero-order chi connectivity index (χ0) is 20.8. The molecule has 1 aromatic heterocycles. The quantitative estimate of drug-likeness (QED) is 0.421. The lowest BCUT2D eigenvalue weighted by Gasteiger charge is -2.30. The van der Waals surface area contributed by atoms with E-state index in [-0.39, 0.29) is 17.6 Å². The molecule has 0 spiro atoms. The molecule has 3 aliphatic carbocycles. The van der Waals surface area contributed by atoms with Crippen LogP contribution in [0.5, 0.6) is 0 Å². The first-order chi connectivity index (χ1) is 14.7. The molecule has 2 saturated carbocycles. The maximum Gasteiger partial charge on any atom is 0.136 e. The number of pyridine rings is 1. The first-order valence-corrected chi connectivity index (χ1v) is 12.4. The highest BCUT2D eigenvalue weighted by Crippen LogP contribution is 2.40. The molecule has 31 heavy (non-hydrogen) atoms. The predicted octanol–water partition coefficient (Wildman–Crippen LogP) is 7.97. The Morgan fingerprint density at radius 3 is 2.68 bits per heavy atom. The summed E-state index contributed by atoms with van der Waals surface area (Å²) in [5.41, 5.74) is 4.10. The van der Waals surface area contributed by atoms with Crippen molar-refractivity contribution >= 4 is 17.6 Å². The molecule has 1 aromatic rings. The van der Waals surface area contributed by atoms with E-state index in [9.17, 15) is 9.59 Å². The fourth-order valence-electron chi connectivity index (χ4n) is 5.89. The predicted molar refractivity (Wildman–Crippen MR) is 134 cm³/mol. The van der Waals surface area contributed by atoms with Gasteiger partial charge >= 0.3 is 0 Å². The van der Waals surface area contributed by atoms with Crippen LogP contribution in [0.3, 0.4) is 0 Å². The van der Waals surface area contributed by atoms with E-state index in [0.29, 0.717) is 42.7 Å². The molecule has 3 aliphatic rings. The molecule has 0 N–H and O–H groups in total. The van der Waals surface area contributed by atoms with Crippen molar-refractivity contribution in [1.82, 2.24) is 4.98 Å². The maximum atomic E-state index is 12.4. The van der Waals surface area contributed by atoms with Crippen LogP contribution in [0.1, 0.15) is 124 Å². The van der Waals surface area contributed by atoms with Gasteiger partial charge in [-0.05, 0) is 68.1 Å². The number of carbonyl (C=O) groups is 2. The number of nitrogens with zero attached hydrogens (tertiary/aromatic N) is 1. The number of Topliss-reactive ketones (excluding diaryl/α,β-unsaturated/α-hetero) is 2. The number of fused-ring (bicyclic) bond motifs is 1. The second-order valence-corrected chi connectivity index (χ2v) is 9.82. The number of allylic oxidation sites excluding steroid dienone is 1. The van der Waals surface area contributed by atoms with E-state index < -0.39 is 0 Å². The summed E-state index contributed by atoms with van der Waals surface area (Å²) in [6, 6.07) is 2.18. The van der Waals surface area contributed by atoms with E-state index in [1.807, 2.05) is 6.20 Å². The van der Waals surface area contributed by atoms with Gasteiger partial charge in [0.05, 0.1) is 5.69 Å². The largest absolute Gasteiger partial charge is 0.300 e. The molecule has 0 aromatic carbocycles. The number of aromatic nitrogens is 1. The van der Waals surface area contributed by atoms with Crippen molar-refractivity contribution < 1.29 is 13.9 Å². The Morgan fingerprint density at radius 1 is 1.00 bits per heavy atom. The van der Waals surface area contributed by atoms with Crippen LogP contribution in [0.4, 0.5) is 0 Å². The van der Waals surface area contributed by atoms with Crippen molar-refractivity contribution in [2.24, 2.45) is 11.8 Å². The fourth-order valence-corrected chi connectivity index (χ4v) is 5.89. The van der Waals surface area contributed by atoms with E-state index in [0.717, 1.165) is 38.5 Å². The Kier molecular flexibility index (Phi) is 9.04. The van der Waals surface area contributed by atoms with Crippen molar-refractivity contribution in [3.63, 3.8) is 0 Å². The highest BCUT2D eigenvalue weighted by Gasteiger charge is 2.27. The second-order valence-electron chi connectivity index (χ2n) is 9.82. The van der Waals surface area contributed by atoms with Gasteiger partial charge in [-0.1, -0.05) is 51.7 Å². The molecule has 0 radical (unpaired) electrons. The molecule has 3 nitrogen and oxygen atoms in total. The van der Waals surface area contributed by atoms with Gasteiger partial charge in [-0.3, -0.25) is 14.6 Å². The topological polar surface area (TPSA) is 47.0 Å². The Bertz CT molecular complexity index is 790. The van der Waals surface area contributed by atoms with Crippen LogP contribution in [0.25, 0.3) is 6.08 Å². The Balaban J connectivity index is 0.00000272. The van der Waals surface area contributed by atoms with E-state index >= 15 is 0 Å². The average Bonchev–Trinajstić information content (AvgIpc) is 2.81. The Labute approximate surface area is 193 Å². The summed E-state index contributed by atoms with van der Waals surface area (Å²) in [4.78, 5) is 29.6. The van der Waals surface area contributed by atoms with Crippen LogP contribution < -0.4 is 0 Å². The zero-order valence-corrected chi connectivity index (χ0v) is 18.4. The molecule has 1 heterocycles. The summed E-state index contributed by atoms with van der Waals surface area (Å²) in [6.07, 6.45) is 21.9. The molecular weight excluding hydrogens is 382 g/mol. The second kappa shape index (κ2) is 11.7. The maximum absolute atomic E-state index is 12.4. The molecule has 0 saturated heterocycles. The van der Waals surface area contributed by atoms with Crippen molar-refractivity contribution in [3.8, 4) is 0 Å². The first-order valence-electron chi connectivity index (χ1n) is 12.4. The summed E-state index contributed by atoms with van der Waals surface area (Å²) in [7, 11) is 0. The highest BCUT2D eigenvalue weighted by molar-refractivity contribution is 5.87. The summed E-state index contributed by atoms with van der Waals surface area (Å²) >= 11 is 0. The van der Waals surface area contributed by atoms with Crippen molar-refractivity contribution in [2.75, 3.05) is 0 Å². The standard InChI is InChI=1S/C27H37NO2.CH4.3H2/c29-24(15-16-26(30)22-9-2-1-3-10-22)14-13-20-7-6-11-23(19-20)27-25-12-5-4-8-21(25)17-18-28-27;;;;/h5,12,17-18,20,22-23H,1-4,6-11,13-16,19H2;1H4;3*1H. The molecule has 2 fully saturated rings. The van der Waals surface area contributed by atoms with Crippen LogP contribution in [0.2, 0.25) is 0 Å². The van der Waals surface area contributed by atoms with E-state index in [1.165, 1.54) is 55.3 Å². The number of hydrogen-bond acceptors (Lipinski definition) is 3. The van der Waals surface area contributed by atoms with Crippen LogP contribution in [-0.2, 0) is 16.0 Å². The number of ketones is 2. The third-order valence-corrected chi connectivity index (χ3v) is 7.69. The molecule has 4 rings (SSSR count). The van der Waals surface area contributed by atoms with Crippen LogP contribution in [0, 0.1) is 11.8 Å². The van der Waals surface area contributed by atoms with Crippen molar-refractivity contribution in [2.45, 2.75) is 110 Å². The van der Waals surface area contributed by atoms with Gasteiger partial charge < -0.3 is 0 Å². The summed E-state index contributed by atoms with van der Waals surface area (Å²) in [5.74, 6) is 2.02. The van der Waals surface area contributed by atoms with Crippen molar-refractivity contribution in [3.05, 3.63) is 35.2 Å². The molecule has 2 unspecified atom stereocenters. The molecule has 176 valence electrons. The minimum atomic E-state index is 0. The normalized spacial score (nSPS) is 23.6. The zero-order valence-electron chi connectivity index (χ0n) is 18.4. The SMILES string of the molecule is C.O=C(CCC(=O)C1CCCCC1)CCC1CCCC(c2nccc3c2C=CCC3)C1.[HH].[HH].[HH]. The number of aryl methyl sites for hydroxylation is 1. The molecule has 0 aliphatic heterocycles. The average molecular weight is 430 g/mol. The monoisotopic (exact) mass is 429 g/mol. The van der Waals surface area contributed by atoms with Gasteiger partial charge in [0.25, 0.3) is 0 Å². The summed E-state index contributed by atoms with van der Waals surface area (Å²) < 4.78 is 0. The van der Waals surface area contributed by atoms with Gasteiger partial charge in [0.2, 0.25) is 0 Å². The first kappa shape index (κ1) is 23.9. The lowest BCUT2D eigenvalue weighted by atomic mass is 9.76. The van der Waals surface area contributed by atoms with Crippen LogP contribution in [-0.4, -0.2) is 16.6 Å².